The second-order valence-corrected chi connectivity index (χ2v) is 4.39. The van der Waals surface area contributed by atoms with E-state index in [0.717, 1.165) is 6.07 Å². The van der Waals surface area contributed by atoms with Gasteiger partial charge >= 0.3 is 5.97 Å². The number of hydrogen-bond acceptors (Lipinski definition) is 2. The molecule has 0 unspecified atom stereocenters. The van der Waals surface area contributed by atoms with Crippen molar-refractivity contribution < 1.29 is 23.4 Å². The first-order chi connectivity index (χ1) is 9.47. The fourth-order valence-corrected chi connectivity index (χ4v) is 1.66. The highest BCUT2D eigenvalue weighted by Gasteiger charge is 2.09. The van der Waals surface area contributed by atoms with E-state index in [0.29, 0.717) is 5.56 Å². The highest BCUT2D eigenvalue weighted by atomic mass is 35.5. The molecule has 3 nitrogen and oxygen atoms in total. The van der Waals surface area contributed by atoms with E-state index in [1.54, 1.807) is 6.07 Å². The van der Waals surface area contributed by atoms with Gasteiger partial charge in [-0.3, -0.25) is 0 Å². The van der Waals surface area contributed by atoms with Crippen LogP contribution < -0.4 is 4.74 Å². The molecule has 0 aliphatic heterocycles. The molecule has 2 aromatic carbocycles. The fraction of sp³-hybridized carbons (Fsp3) is 0.0714. The summed E-state index contributed by atoms with van der Waals surface area (Å²) >= 11 is 5.54. The third-order valence-corrected chi connectivity index (χ3v) is 2.86. The minimum absolute atomic E-state index is 0.00857. The Labute approximate surface area is 118 Å². The monoisotopic (exact) mass is 298 g/mol. The van der Waals surface area contributed by atoms with Gasteiger partial charge in [0.15, 0.2) is 11.6 Å². The lowest BCUT2D eigenvalue weighted by Crippen LogP contribution is -2.01. The van der Waals surface area contributed by atoms with Gasteiger partial charge < -0.3 is 9.84 Å². The third-order valence-electron chi connectivity index (χ3n) is 2.56. The molecular weight excluding hydrogens is 290 g/mol. The lowest BCUT2D eigenvalue weighted by atomic mass is 10.2. The summed E-state index contributed by atoms with van der Waals surface area (Å²) in [6.45, 7) is -0.0581. The zero-order chi connectivity index (χ0) is 14.7. The van der Waals surface area contributed by atoms with Crippen LogP contribution in [-0.2, 0) is 6.61 Å². The van der Waals surface area contributed by atoms with Gasteiger partial charge in [0.25, 0.3) is 0 Å². The van der Waals surface area contributed by atoms with Crippen molar-refractivity contribution in [2.75, 3.05) is 0 Å². The number of halogens is 3. The molecule has 1 N–H and O–H groups in total. The van der Waals surface area contributed by atoms with E-state index in [1.807, 2.05) is 0 Å². The number of benzene rings is 2. The average Bonchev–Trinajstić information content (AvgIpc) is 2.41. The summed E-state index contributed by atoms with van der Waals surface area (Å²) in [5, 5.41) is 8.69. The molecule has 0 bridgehead atoms. The Morgan fingerprint density at radius 3 is 2.50 bits per heavy atom. The quantitative estimate of drug-likeness (QED) is 0.931. The van der Waals surface area contributed by atoms with Crippen molar-refractivity contribution in [2.24, 2.45) is 0 Å². The summed E-state index contributed by atoms with van der Waals surface area (Å²) in [6, 6.07) is 7.41. The van der Waals surface area contributed by atoms with Crippen LogP contribution in [0.4, 0.5) is 8.78 Å². The third kappa shape index (κ3) is 3.24. The number of ether oxygens (including phenoxy) is 1. The first-order valence-corrected chi connectivity index (χ1v) is 5.95. The van der Waals surface area contributed by atoms with Gasteiger partial charge in [0.05, 0.1) is 10.6 Å². The Bertz CT molecular complexity index is 659. The van der Waals surface area contributed by atoms with Crippen LogP contribution in [0.25, 0.3) is 0 Å². The van der Waals surface area contributed by atoms with E-state index < -0.39 is 17.6 Å². The molecule has 0 amide bonds. The van der Waals surface area contributed by atoms with Crippen LogP contribution in [0.5, 0.6) is 5.75 Å². The number of rotatable bonds is 4. The van der Waals surface area contributed by atoms with E-state index in [1.165, 1.54) is 24.3 Å². The van der Waals surface area contributed by atoms with Gasteiger partial charge in [-0.2, -0.15) is 0 Å². The van der Waals surface area contributed by atoms with Gasteiger partial charge in [-0.25, -0.2) is 13.6 Å². The smallest absolute Gasteiger partial charge is 0.335 e. The second kappa shape index (κ2) is 5.88. The molecule has 0 fully saturated rings. The van der Waals surface area contributed by atoms with Crippen molar-refractivity contribution in [2.45, 2.75) is 6.61 Å². The van der Waals surface area contributed by atoms with E-state index in [9.17, 15) is 13.6 Å². The zero-order valence-electron chi connectivity index (χ0n) is 10.1. The number of carboxylic acid groups (broad SMARTS) is 1. The SMILES string of the molecule is O=C(O)c1ccc(OCc2ccc(Cl)c(F)c2)c(F)c1. The number of aromatic carboxylic acids is 1. The van der Waals surface area contributed by atoms with E-state index in [2.05, 4.69) is 0 Å². The summed E-state index contributed by atoms with van der Waals surface area (Å²) in [6.07, 6.45) is 0. The van der Waals surface area contributed by atoms with Gasteiger partial charge in [0, 0.05) is 0 Å². The van der Waals surface area contributed by atoms with Crippen LogP contribution in [0.3, 0.4) is 0 Å². The molecular formula is C14H9ClF2O3. The summed E-state index contributed by atoms with van der Waals surface area (Å²) in [5.41, 5.74) is 0.306. The Morgan fingerprint density at radius 2 is 1.90 bits per heavy atom. The lowest BCUT2D eigenvalue weighted by Gasteiger charge is -2.08. The molecule has 0 aromatic heterocycles. The van der Waals surface area contributed by atoms with E-state index in [-0.39, 0.29) is 22.9 Å². The molecule has 0 spiro atoms. The molecule has 2 aromatic rings. The molecule has 0 saturated heterocycles. The van der Waals surface area contributed by atoms with Crippen LogP contribution in [0.2, 0.25) is 5.02 Å². The maximum absolute atomic E-state index is 13.6. The topological polar surface area (TPSA) is 46.5 Å². The number of carbonyl (C=O) groups is 1. The summed E-state index contributed by atoms with van der Waals surface area (Å²) < 4.78 is 31.9. The molecule has 2 rings (SSSR count). The van der Waals surface area contributed by atoms with E-state index in [4.69, 9.17) is 21.4 Å². The normalized spacial score (nSPS) is 10.3. The van der Waals surface area contributed by atoms with Gasteiger partial charge in [-0.05, 0) is 35.9 Å². The lowest BCUT2D eigenvalue weighted by molar-refractivity contribution is 0.0696. The van der Waals surface area contributed by atoms with Crippen molar-refractivity contribution in [1.29, 1.82) is 0 Å². The Balaban J connectivity index is 2.10. The van der Waals surface area contributed by atoms with Crippen LogP contribution in [0.1, 0.15) is 15.9 Å². The zero-order valence-corrected chi connectivity index (χ0v) is 10.8. The van der Waals surface area contributed by atoms with Crippen LogP contribution in [0, 0.1) is 11.6 Å². The van der Waals surface area contributed by atoms with Crippen molar-refractivity contribution in [3.05, 3.63) is 64.2 Å². The molecule has 0 atom stereocenters. The van der Waals surface area contributed by atoms with Gasteiger partial charge in [-0.15, -0.1) is 0 Å². The van der Waals surface area contributed by atoms with Crippen molar-refractivity contribution >= 4 is 17.6 Å². The van der Waals surface area contributed by atoms with Crippen LogP contribution in [0.15, 0.2) is 36.4 Å². The summed E-state index contributed by atoms with van der Waals surface area (Å²) in [5.74, 6) is -2.71. The predicted molar refractivity (Wildman–Crippen MR) is 69.1 cm³/mol. The second-order valence-electron chi connectivity index (χ2n) is 3.99. The standard InChI is InChI=1S/C14H9ClF2O3/c15-10-3-1-8(5-11(10)16)7-20-13-4-2-9(14(18)19)6-12(13)17/h1-6H,7H2,(H,18,19). The summed E-state index contributed by atoms with van der Waals surface area (Å²) in [7, 11) is 0. The average molecular weight is 299 g/mol. The molecule has 0 heterocycles. The molecule has 0 radical (unpaired) electrons. The minimum Gasteiger partial charge on any atom is -0.486 e. The van der Waals surface area contributed by atoms with Crippen molar-refractivity contribution in [3.8, 4) is 5.75 Å². The van der Waals surface area contributed by atoms with Crippen molar-refractivity contribution in [1.82, 2.24) is 0 Å². The molecule has 0 aliphatic carbocycles. The first kappa shape index (κ1) is 14.3. The van der Waals surface area contributed by atoms with Gasteiger partial charge in [0.2, 0.25) is 0 Å². The van der Waals surface area contributed by atoms with Crippen LogP contribution >= 0.6 is 11.6 Å². The number of hydrogen-bond donors (Lipinski definition) is 1. The van der Waals surface area contributed by atoms with Gasteiger partial charge in [-0.1, -0.05) is 17.7 Å². The highest BCUT2D eigenvalue weighted by molar-refractivity contribution is 6.30. The largest absolute Gasteiger partial charge is 0.486 e. The summed E-state index contributed by atoms with van der Waals surface area (Å²) in [4.78, 5) is 10.7. The maximum atomic E-state index is 13.6. The molecule has 104 valence electrons. The molecule has 20 heavy (non-hydrogen) atoms. The predicted octanol–water partition coefficient (Wildman–Crippen LogP) is 3.90. The van der Waals surface area contributed by atoms with Gasteiger partial charge in [0.1, 0.15) is 12.4 Å². The first-order valence-electron chi connectivity index (χ1n) is 5.57. The maximum Gasteiger partial charge on any atom is 0.335 e. The van der Waals surface area contributed by atoms with Crippen LogP contribution in [-0.4, -0.2) is 11.1 Å². The highest BCUT2D eigenvalue weighted by Crippen LogP contribution is 2.21. The van der Waals surface area contributed by atoms with Crippen molar-refractivity contribution in [3.63, 3.8) is 0 Å². The Morgan fingerprint density at radius 1 is 1.15 bits per heavy atom. The molecule has 6 heteroatoms. The molecule has 0 saturated carbocycles. The number of carboxylic acids is 1. The Hall–Kier alpha value is -2.14. The minimum atomic E-state index is -1.23. The van der Waals surface area contributed by atoms with E-state index >= 15 is 0 Å². The Kier molecular flexibility index (Phi) is 4.20. The molecule has 0 aliphatic rings. The fourth-order valence-electron chi connectivity index (χ4n) is 1.54.